The molecule has 12 heteroatoms. The Bertz CT molecular complexity index is 484. The van der Waals surface area contributed by atoms with E-state index in [0.29, 0.717) is 59.3 Å². The molecule has 35 heavy (non-hydrogen) atoms. The van der Waals surface area contributed by atoms with Gasteiger partial charge >= 0.3 is 11.9 Å². The van der Waals surface area contributed by atoms with E-state index in [9.17, 15) is 9.59 Å². The van der Waals surface area contributed by atoms with Crippen LogP contribution in [0, 0.1) is 0 Å². The van der Waals surface area contributed by atoms with Gasteiger partial charge in [0.1, 0.15) is 12.2 Å². The van der Waals surface area contributed by atoms with Gasteiger partial charge in [-0.3, -0.25) is 9.59 Å². The van der Waals surface area contributed by atoms with Crippen LogP contribution in [0.5, 0.6) is 0 Å². The Morgan fingerprint density at radius 2 is 0.857 bits per heavy atom. The molecule has 0 radical (unpaired) electrons. The van der Waals surface area contributed by atoms with Crippen LogP contribution in [-0.4, -0.2) is 123 Å². The van der Waals surface area contributed by atoms with Crippen molar-refractivity contribution in [2.24, 2.45) is 0 Å². The molecule has 204 valence electrons. The van der Waals surface area contributed by atoms with E-state index < -0.39 is 0 Å². The third kappa shape index (κ3) is 18.1. The second-order valence-electron chi connectivity index (χ2n) is 7.83. The number of esters is 2. The number of hydrogen-bond acceptors (Lipinski definition) is 12. The molecule has 2 aliphatic rings. The smallest absolute Gasteiger partial charge is 0.306 e. The summed E-state index contributed by atoms with van der Waals surface area (Å²) in [7, 11) is 0. The molecule has 2 fully saturated rings. The van der Waals surface area contributed by atoms with Crippen molar-refractivity contribution < 1.29 is 38.0 Å². The summed E-state index contributed by atoms with van der Waals surface area (Å²) < 4.78 is 33.5. The Labute approximate surface area is 226 Å². The molecule has 2 heterocycles. The summed E-state index contributed by atoms with van der Waals surface area (Å²) in [5.41, 5.74) is 0. The van der Waals surface area contributed by atoms with Gasteiger partial charge in [0.05, 0.1) is 52.9 Å². The van der Waals surface area contributed by atoms with Crippen LogP contribution in [0.2, 0.25) is 0 Å². The first kappa shape index (κ1) is 31.4. The van der Waals surface area contributed by atoms with Crippen molar-refractivity contribution in [1.29, 1.82) is 0 Å². The lowest BCUT2D eigenvalue weighted by atomic mass is 10.2. The van der Waals surface area contributed by atoms with Crippen molar-refractivity contribution in [3.8, 4) is 0 Å². The van der Waals surface area contributed by atoms with Crippen molar-refractivity contribution in [3.63, 3.8) is 0 Å². The van der Waals surface area contributed by atoms with Crippen LogP contribution in [0.3, 0.4) is 0 Å². The molecule has 0 amide bonds. The van der Waals surface area contributed by atoms with E-state index in [0.717, 1.165) is 46.0 Å². The van der Waals surface area contributed by atoms with Crippen LogP contribution < -0.4 is 0 Å². The molecule has 0 N–H and O–H groups in total. The van der Waals surface area contributed by atoms with E-state index in [1.807, 2.05) is 0 Å². The van der Waals surface area contributed by atoms with Gasteiger partial charge < -0.3 is 28.4 Å². The van der Waals surface area contributed by atoms with Crippen LogP contribution in [0.25, 0.3) is 0 Å². The average molecular weight is 573 g/mol. The Morgan fingerprint density at radius 1 is 0.543 bits per heavy atom. The highest BCUT2D eigenvalue weighted by Crippen LogP contribution is 2.16. The maximum Gasteiger partial charge on any atom is 0.306 e. The highest BCUT2D eigenvalue weighted by atomic mass is 32.2. The van der Waals surface area contributed by atoms with Gasteiger partial charge in [-0.1, -0.05) is 0 Å². The predicted octanol–water partition coefficient (Wildman–Crippen LogP) is 3.01. The van der Waals surface area contributed by atoms with Crippen LogP contribution in [0.15, 0.2) is 0 Å². The lowest BCUT2D eigenvalue weighted by molar-refractivity contribution is -0.148. The Morgan fingerprint density at radius 3 is 1.17 bits per heavy atom. The first-order valence-electron chi connectivity index (χ1n) is 12.2. The monoisotopic (exact) mass is 572 g/mol. The van der Waals surface area contributed by atoms with Crippen molar-refractivity contribution >= 4 is 59.0 Å². The molecule has 0 bridgehead atoms. The molecule has 8 nitrogen and oxygen atoms in total. The van der Waals surface area contributed by atoms with Gasteiger partial charge in [-0.2, -0.15) is 47.0 Å². The summed E-state index contributed by atoms with van der Waals surface area (Å²) in [5.74, 6) is 5.94. The molecular formula is C23H40O8S4. The van der Waals surface area contributed by atoms with E-state index in [1.54, 1.807) is 47.0 Å². The third-order valence-corrected chi connectivity index (χ3v) is 9.06. The van der Waals surface area contributed by atoms with E-state index in [2.05, 4.69) is 0 Å². The Balaban J connectivity index is 1.64. The Hall–Kier alpha value is 0.180. The fourth-order valence-electron chi connectivity index (χ4n) is 3.07. The second-order valence-corrected chi connectivity index (χ2v) is 12.4. The minimum absolute atomic E-state index is 0.146. The molecule has 0 aliphatic carbocycles. The van der Waals surface area contributed by atoms with Crippen molar-refractivity contribution in [1.82, 2.24) is 0 Å². The molecular weight excluding hydrogens is 533 g/mol. The molecule has 2 aliphatic heterocycles. The van der Waals surface area contributed by atoms with Crippen LogP contribution in [-0.2, 0) is 38.0 Å². The lowest BCUT2D eigenvalue weighted by Crippen LogP contribution is -2.25. The summed E-state index contributed by atoms with van der Waals surface area (Å²) in [6.45, 7) is 5.16. The zero-order chi connectivity index (χ0) is 24.8. The van der Waals surface area contributed by atoms with Gasteiger partial charge in [0.25, 0.3) is 0 Å². The lowest BCUT2D eigenvalue weighted by Gasteiger charge is -2.18. The molecule has 2 rings (SSSR count). The fraction of sp³-hybridized carbons (Fsp3) is 0.913. The standard InChI is InChI=1S/C23H40O8S4/c24-22(30-20-16-32-12-8-26-4-5-27-9-13-33-17-20)2-1-3-23(25)31-21-18-34-14-10-28-6-7-29-11-15-35-19-21/h20-21H,1-19H2. The van der Waals surface area contributed by atoms with Crippen molar-refractivity contribution in [2.45, 2.75) is 31.5 Å². The molecule has 0 atom stereocenters. The minimum Gasteiger partial charge on any atom is -0.461 e. The largest absolute Gasteiger partial charge is 0.461 e. The van der Waals surface area contributed by atoms with Crippen molar-refractivity contribution in [3.05, 3.63) is 0 Å². The second kappa shape index (κ2) is 22.2. The van der Waals surface area contributed by atoms with Gasteiger partial charge in [-0.05, 0) is 6.42 Å². The predicted molar refractivity (Wildman–Crippen MR) is 146 cm³/mol. The maximum atomic E-state index is 12.4. The van der Waals surface area contributed by atoms with E-state index >= 15 is 0 Å². The maximum absolute atomic E-state index is 12.4. The molecule has 0 spiro atoms. The zero-order valence-corrected chi connectivity index (χ0v) is 23.8. The number of carbonyl (C=O) groups is 2. The summed E-state index contributed by atoms with van der Waals surface area (Å²) in [4.78, 5) is 24.8. The van der Waals surface area contributed by atoms with Gasteiger partial charge in [-0.25, -0.2) is 0 Å². The first-order valence-corrected chi connectivity index (χ1v) is 16.9. The summed E-state index contributed by atoms with van der Waals surface area (Å²) in [5, 5.41) is 0. The molecule has 0 aromatic carbocycles. The van der Waals surface area contributed by atoms with E-state index in [1.165, 1.54) is 0 Å². The normalized spacial score (nSPS) is 22.2. The summed E-state index contributed by atoms with van der Waals surface area (Å²) in [6, 6.07) is 0. The SMILES string of the molecule is O=C(CCCC(=O)OC1CSCCOCCOCCSC1)OC1CSCCOCCOCCSC1. The highest BCUT2D eigenvalue weighted by molar-refractivity contribution is 8.00. The molecule has 0 aromatic rings. The highest BCUT2D eigenvalue weighted by Gasteiger charge is 2.18. The quantitative estimate of drug-likeness (QED) is 0.438. The van der Waals surface area contributed by atoms with E-state index in [4.69, 9.17) is 28.4 Å². The molecule has 2 saturated heterocycles. The van der Waals surface area contributed by atoms with Crippen LogP contribution in [0.4, 0.5) is 0 Å². The number of carbonyl (C=O) groups excluding carboxylic acids is 2. The van der Waals surface area contributed by atoms with Crippen molar-refractivity contribution in [2.75, 3.05) is 98.9 Å². The summed E-state index contributed by atoms with van der Waals surface area (Å²) in [6.07, 6.45) is 0.577. The van der Waals surface area contributed by atoms with Gasteiger partial charge in [-0.15, -0.1) is 0 Å². The van der Waals surface area contributed by atoms with Crippen LogP contribution >= 0.6 is 47.0 Å². The summed E-state index contributed by atoms with van der Waals surface area (Å²) >= 11 is 6.93. The first-order chi connectivity index (χ1) is 17.2. The van der Waals surface area contributed by atoms with Gasteiger partial charge in [0, 0.05) is 58.9 Å². The number of rotatable bonds is 6. The average Bonchev–Trinajstić information content (AvgIpc) is 2.88. The van der Waals surface area contributed by atoms with E-state index in [-0.39, 0.29) is 37.0 Å². The topological polar surface area (TPSA) is 89.5 Å². The molecule has 0 saturated carbocycles. The third-order valence-electron chi connectivity index (χ3n) is 4.81. The fourth-order valence-corrected chi connectivity index (χ4v) is 6.78. The van der Waals surface area contributed by atoms with Gasteiger partial charge in [0.15, 0.2) is 0 Å². The number of ether oxygens (including phenoxy) is 6. The minimum atomic E-state index is -0.256. The molecule has 0 aromatic heterocycles. The molecule has 0 unspecified atom stereocenters. The Kier molecular flexibility index (Phi) is 19.9. The zero-order valence-electron chi connectivity index (χ0n) is 20.5. The van der Waals surface area contributed by atoms with Crippen LogP contribution in [0.1, 0.15) is 19.3 Å². The number of thioether (sulfide) groups is 4. The number of hydrogen-bond donors (Lipinski definition) is 0. The van der Waals surface area contributed by atoms with Gasteiger partial charge in [0.2, 0.25) is 0 Å².